The second-order valence-corrected chi connectivity index (χ2v) is 2.25. The first-order valence-electron chi connectivity index (χ1n) is 2.15. The van der Waals surface area contributed by atoms with E-state index >= 15 is 0 Å². The molecule has 0 aliphatic carbocycles. The van der Waals surface area contributed by atoms with Crippen LogP contribution in [0.15, 0.2) is 12.4 Å². The van der Waals surface area contributed by atoms with Gasteiger partial charge in [-0.15, -0.1) is 0 Å². The van der Waals surface area contributed by atoms with Crippen LogP contribution < -0.4 is 4.73 Å². The summed E-state index contributed by atoms with van der Waals surface area (Å²) < 4.78 is 0.529. The van der Waals surface area contributed by atoms with Gasteiger partial charge in [-0.05, 0) is 0 Å². The Hall–Kier alpha value is -0.470. The summed E-state index contributed by atoms with van der Waals surface area (Å²) in [6.07, 6.45) is 2.35. The van der Waals surface area contributed by atoms with Gasteiger partial charge >= 0.3 is 0 Å². The van der Waals surface area contributed by atoms with Gasteiger partial charge in [0.25, 0.3) is 0 Å². The van der Waals surface area contributed by atoms with Crippen LogP contribution in [0.2, 0.25) is 10.0 Å². The molecule has 0 aliphatic rings. The minimum absolute atomic E-state index is 0.220. The summed E-state index contributed by atoms with van der Waals surface area (Å²) in [5, 5.41) is 10.9. The lowest BCUT2D eigenvalue weighted by molar-refractivity contribution is -0.605. The van der Waals surface area contributed by atoms with E-state index in [1.165, 1.54) is 12.4 Å². The van der Waals surface area contributed by atoms with Gasteiger partial charge in [0, 0.05) is 6.07 Å². The molecule has 0 amide bonds. The topological polar surface area (TPSA) is 26.9 Å². The Bertz CT molecular complexity index is 176. The van der Waals surface area contributed by atoms with Crippen LogP contribution in [0, 0.1) is 11.3 Å². The minimum Gasteiger partial charge on any atom is -0.619 e. The number of pyridine rings is 1. The molecule has 1 radical (unpaired) electrons. The number of hydrogen-bond donors (Lipinski definition) is 0. The zero-order chi connectivity index (χ0) is 6.85. The van der Waals surface area contributed by atoms with Crippen LogP contribution in [0.4, 0.5) is 0 Å². The van der Waals surface area contributed by atoms with Gasteiger partial charge in [-0.25, -0.2) is 0 Å². The molecule has 1 rings (SSSR count). The minimum atomic E-state index is 0.220. The van der Waals surface area contributed by atoms with Crippen molar-refractivity contribution in [2.24, 2.45) is 0 Å². The predicted octanol–water partition coefficient (Wildman–Crippen LogP) is 1.43. The largest absolute Gasteiger partial charge is 0.619 e. The molecule has 2 nitrogen and oxygen atoms in total. The molecule has 1 aromatic rings. The Kier molecular flexibility index (Phi) is 1.78. The van der Waals surface area contributed by atoms with Crippen molar-refractivity contribution in [1.29, 1.82) is 0 Å². The first-order chi connectivity index (χ1) is 4.18. The van der Waals surface area contributed by atoms with E-state index in [0.29, 0.717) is 4.73 Å². The van der Waals surface area contributed by atoms with E-state index in [2.05, 4.69) is 6.07 Å². The molecule has 9 heavy (non-hydrogen) atoms. The third kappa shape index (κ3) is 1.73. The second kappa shape index (κ2) is 2.42. The maximum atomic E-state index is 10.4. The molecule has 0 unspecified atom stereocenters. The molecule has 0 bridgehead atoms. The van der Waals surface area contributed by atoms with Gasteiger partial charge in [0.1, 0.15) is 10.0 Å². The fourth-order valence-corrected chi connectivity index (χ4v) is 0.884. The smallest absolute Gasteiger partial charge is 0.199 e. The Labute approximate surface area is 62.2 Å². The van der Waals surface area contributed by atoms with Crippen molar-refractivity contribution in [2.45, 2.75) is 0 Å². The molecule has 4 heteroatoms. The van der Waals surface area contributed by atoms with Gasteiger partial charge in [-0.1, -0.05) is 23.2 Å². The molecular weight excluding hydrogens is 161 g/mol. The van der Waals surface area contributed by atoms with Crippen LogP contribution in [0.25, 0.3) is 0 Å². The van der Waals surface area contributed by atoms with Crippen LogP contribution >= 0.6 is 23.2 Å². The zero-order valence-corrected chi connectivity index (χ0v) is 5.78. The molecule has 1 heterocycles. The maximum absolute atomic E-state index is 10.4. The predicted molar refractivity (Wildman–Crippen MR) is 34.3 cm³/mol. The lowest BCUT2D eigenvalue weighted by atomic mass is 10.5. The highest BCUT2D eigenvalue weighted by Crippen LogP contribution is 2.09. The van der Waals surface area contributed by atoms with E-state index < -0.39 is 0 Å². The molecule has 0 saturated heterocycles. The summed E-state index contributed by atoms with van der Waals surface area (Å²) in [6, 6.07) is 2.52. The fraction of sp³-hybridized carbons (Fsp3) is 0. The van der Waals surface area contributed by atoms with Gasteiger partial charge in [-0.3, -0.25) is 0 Å². The average molecular weight is 163 g/mol. The summed E-state index contributed by atoms with van der Waals surface area (Å²) in [5.74, 6) is 0. The van der Waals surface area contributed by atoms with E-state index in [4.69, 9.17) is 23.2 Å². The maximum Gasteiger partial charge on any atom is 0.199 e. The molecule has 0 spiro atoms. The van der Waals surface area contributed by atoms with Crippen molar-refractivity contribution in [3.63, 3.8) is 0 Å². The highest BCUT2D eigenvalue weighted by Gasteiger charge is 1.97. The summed E-state index contributed by atoms with van der Waals surface area (Å²) in [4.78, 5) is 0. The van der Waals surface area contributed by atoms with Crippen molar-refractivity contribution in [1.82, 2.24) is 0 Å². The summed E-state index contributed by atoms with van der Waals surface area (Å²) in [5.41, 5.74) is 0. The van der Waals surface area contributed by atoms with Gasteiger partial charge in [-0.2, -0.15) is 4.73 Å². The zero-order valence-electron chi connectivity index (χ0n) is 4.27. The number of halogens is 2. The van der Waals surface area contributed by atoms with Gasteiger partial charge in [0.05, 0.1) is 0 Å². The lowest BCUT2D eigenvalue weighted by Gasteiger charge is -1.93. The van der Waals surface area contributed by atoms with Crippen LogP contribution in [0.3, 0.4) is 0 Å². The van der Waals surface area contributed by atoms with Gasteiger partial charge < -0.3 is 5.21 Å². The Balaban J connectivity index is 3.17. The van der Waals surface area contributed by atoms with Crippen molar-refractivity contribution in [3.05, 3.63) is 33.7 Å². The second-order valence-electron chi connectivity index (χ2n) is 1.44. The Morgan fingerprint density at radius 2 is 1.78 bits per heavy atom. The molecule has 0 aromatic carbocycles. The first kappa shape index (κ1) is 6.65. The molecule has 0 fully saturated rings. The number of rotatable bonds is 0. The molecule has 0 atom stereocenters. The van der Waals surface area contributed by atoms with Crippen molar-refractivity contribution in [2.75, 3.05) is 0 Å². The van der Waals surface area contributed by atoms with Crippen LogP contribution in [-0.2, 0) is 0 Å². The fourth-order valence-electron chi connectivity index (χ4n) is 0.439. The van der Waals surface area contributed by atoms with Gasteiger partial charge in [0.2, 0.25) is 0 Å². The van der Waals surface area contributed by atoms with Crippen molar-refractivity contribution < 1.29 is 4.73 Å². The summed E-state index contributed by atoms with van der Waals surface area (Å²) in [6.45, 7) is 0. The average Bonchev–Trinajstić information content (AvgIpc) is 1.59. The SMILES string of the molecule is [O-][n+]1cc(Cl)[c]c(Cl)c1. The number of aromatic nitrogens is 1. The number of nitrogens with zero attached hydrogens (tertiary/aromatic N) is 1. The van der Waals surface area contributed by atoms with E-state index in [9.17, 15) is 5.21 Å². The third-order valence-corrected chi connectivity index (χ3v) is 1.10. The lowest BCUT2D eigenvalue weighted by Crippen LogP contribution is -2.24. The normalized spacial score (nSPS) is 9.56. The standard InChI is InChI=1S/C5H2Cl2NO/c6-4-1-5(7)3-8(9)2-4/h2-3H. The highest BCUT2D eigenvalue weighted by atomic mass is 35.5. The third-order valence-electron chi connectivity index (χ3n) is 0.720. The highest BCUT2D eigenvalue weighted by molar-refractivity contribution is 6.33. The summed E-state index contributed by atoms with van der Waals surface area (Å²) >= 11 is 10.8. The van der Waals surface area contributed by atoms with Crippen LogP contribution in [0.1, 0.15) is 0 Å². The Morgan fingerprint density at radius 1 is 1.33 bits per heavy atom. The van der Waals surface area contributed by atoms with Crippen LogP contribution in [0.5, 0.6) is 0 Å². The molecule has 1 aromatic heterocycles. The van der Waals surface area contributed by atoms with E-state index in [1.807, 2.05) is 0 Å². The van der Waals surface area contributed by atoms with E-state index in [-0.39, 0.29) is 10.0 Å². The molecule has 0 aliphatic heterocycles. The molecule has 0 N–H and O–H groups in total. The molecular formula is C5H2Cl2NO. The van der Waals surface area contributed by atoms with E-state index in [0.717, 1.165) is 0 Å². The first-order valence-corrected chi connectivity index (χ1v) is 2.91. The van der Waals surface area contributed by atoms with Crippen LogP contribution in [-0.4, -0.2) is 0 Å². The number of hydrogen-bond acceptors (Lipinski definition) is 1. The van der Waals surface area contributed by atoms with Crippen molar-refractivity contribution >= 4 is 23.2 Å². The van der Waals surface area contributed by atoms with Crippen molar-refractivity contribution in [3.8, 4) is 0 Å². The van der Waals surface area contributed by atoms with E-state index in [1.54, 1.807) is 0 Å². The quantitative estimate of drug-likeness (QED) is 0.419. The molecule has 0 saturated carbocycles. The monoisotopic (exact) mass is 162 g/mol. The summed E-state index contributed by atoms with van der Waals surface area (Å²) in [7, 11) is 0. The molecule has 47 valence electrons. The Morgan fingerprint density at radius 3 is 2.11 bits per heavy atom. The van der Waals surface area contributed by atoms with Gasteiger partial charge in [0.15, 0.2) is 12.4 Å².